The lowest BCUT2D eigenvalue weighted by molar-refractivity contribution is 0.0992. The Kier molecular flexibility index (Phi) is 4.58. The van der Waals surface area contributed by atoms with Gasteiger partial charge in [-0.1, -0.05) is 29.8 Å². The molecule has 0 N–H and O–H groups in total. The molecule has 19 heavy (non-hydrogen) atoms. The van der Waals surface area contributed by atoms with Gasteiger partial charge in [0.05, 0.1) is 7.11 Å². The van der Waals surface area contributed by atoms with E-state index >= 15 is 0 Å². The Bertz CT molecular complexity index is 605. The largest absolute Gasteiger partial charge is 0.496 e. The zero-order valence-electron chi connectivity index (χ0n) is 10.9. The Morgan fingerprint density at radius 3 is 2.68 bits per heavy atom. The molecule has 0 radical (unpaired) electrons. The van der Waals surface area contributed by atoms with E-state index < -0.39 is 0 Å². The molecule has 0 amide bonds. The number of Topliss-reactive ketones (excluding diaryl/α,β-unsaturated/α-hetero) is 1. The van der Waals surface area contributed by atoms with Crippen LogP contribution in [0.5, 0.6) is 5.75 Å². The van der Waals surface area contributed by atoms with Crippen molar-refractivity contribution in [2.24, 2.45) is 0 Å². The normalized spacial score (nSPS) is 10.3. The van der Waals surface area contributed by atoms with Gasteiger partial charge in [-0.15, -0.1) is 0 Å². The molecule has 0 bridgehead atoms. The van der Waals surface area contributed by atoms with Gasteiger partial charge in [-0.05, 0) is 47.7 Å². The van der Waals surface area contributed by atoms with Crippen LogP contribution in [0.4, 0.5) is 0 Å². The summed E-state index contributed by atoms with van der Waals surface area (Å²) in [6, 6.07) is 13.5. The number of carbonyl (C=O) groups is 1. The highest BCUT2D eigenvalue weighted by atomic mass is 127. The average Bonchev–Trinajstić information content (AvgIpc) is 2.39. The second kappa shape index (κ2) is 6.19. The summed E-state index contributed by atoms with van der Waals surface area (Å²) in [5.74, 6) is 0.881. The van der Waals surface area contributed by atoms with E-state index in [0.717, 1.165) is 26.0 Å². The number of benzene rings is 2. The van der Waals surface area contributed by atoms with E-state index in [1.54, 1.807) is 7.11 Å². The summed E-state index contributed by atoms with van der Waals surface area (Å²) in [6.45, 7) is 2.01. The highest BCUT2D eigenvalue weighted by Crippen LogP contribution is 2.22. The van der Waals surface area contributed by atoms with Crippen LogP contribution in [0.2, 0.25) is 0 Å². The average molecular weight is 366 g/mol. The number of methoxy groups -OCH3 is 1. The molecule has 2 rings (SSSR count). The van der Waals surface area contributed by atoms with Gasteiger partial charge < -0.3 is 4.74 Å². The van der Waals surface area contributed by atoms with Crippen molar-refractivity contribution in [3.8, 4) is 5.75 Å². The van der Waals surface area contributed by atoms with Crippen molar-refractivity contribution in [2.45, 2.75) is 13.3 Å². The molecule has 0 atom stereocenters. The van der Waals surface area contributed by atoms with Crippen molar-refractivity contribution >= 4 is 28.4 Å². The fourth-order valence-electron chi connectivity index (χ4n) is 1.98. The molecule has 2 nitrogen and oxygen atoms in total. The zero-order valence-corrected chi connectivity index (χ0v) is 13.1. The lowest BCUT2D eigenvalue weighted by Crippen LogP contribution is -2.05. The molecule has 2 aromatic carbocycles. The SMILES string of the molecule is COc1ccc(C)cc1CC(=O)c1cccc(I)c1. The maximum Gasteiger partial charge on any atom is 0.167 e. The fraction of sp³-hybridized carbons (Fsp3) is 0.188. The molecule has 0 spiro atoms. The van der Waals surface area contributed by atoms with E-state index in [1.807, 2.05) is 49.4 Å². The van der Waals surface area contributed by atoms with Crippen LogP contribution in [0.3, 0.4) is 0 Å². The number of rotatable bonds is 4. The minimum Gasteiger partial charge on any atom is -0.496 e. The summed E-state index contributed by atoms with van der Waals surface area (Å²) in [5, 5.41) is 0. The van der Waals surface area contributed by atoms with Gasteiger partial charge in [0.1, 0.15) is 5.75 Å². The summed E-state index contributed by atoms with van der Waals surface area (Å²) < 4.78 is 6.38. The summed E-state index contributed by atoms with van der Waals surface area (Å²) in [4.78, 5) is 12.3. The standard InChI is InChI=1S/C16H15IO2/c1-11-6-7-16(19-2)13(8-11)10-15(18)12-4-3-5-14(17)9-12/h3-9H,10H2,1-2H3. The van der Waals surface area contributed by atoms with Gasteiger partial charge in [0.25, 0.3) is 0 Å². The highest BCUT2D eigenvalue weighted by molar-refractivity contribution is 14.1. The van der Waals surface area contributed by atoms with Crippen molar-refractivity contribution < 1.29 is 9.53 Å². The maximum absolute atomic E-state index is 12.3. The third-order valence-electron chi connectivity index (χ3n) is 2.93. The topological polar surface area (TPSA) is 26.3 Å². The van der Waals surface area contributed by atoms with E-state index in [0.29, 0.717) is 6.42 Å². The van der Waals surface area contributed by atoms with Gasteiger partial charge >= 0.3 is 0 Å². The molecule has 0 saturated carbocycles. The number of ketones is 1. The third-order valence-corrected chi connectivity index (χ3v) is 3.60. The molecule has 0 aliphatic rings. The van der Waals surface area contributed by atoms with Crippen LogP contribution >= 0.6 is 22.6 Å². The van der Waals surface area contributed by atoms with Gasteiger partial charge in [0.2, 0.25) is 0 Å². The molecule has 0 fully saturated rings. The second-order valence-corrected chi connectivity index (χ2v) is 5.67. The van der Waals surface area contributed by atoms with Crippen molar-refractivity contribution in [1.82, 2.24) is 0 Å². The van der Waals surface area contributed by atoms with Gasteiger partial charge in [-0.25, -0.2) is 0 Å². The van der Waals surface area contributed by atoms with E-state index in [4.69, 9.17) is 4.74 Å². The Morgan fingerprint density at radius 2 is 2.00 bits per heavy atom. The van der Waals surface area contributed by atoms with Crippen LogP contribution in [0.15, 0.2) is 42.5 Å². The second-order valence-electron chi connectivity index (χ2n) is 4.43. The Labute approximate surface area is 126 Å². The van der Waals surface area contributed by atoms with Crippen LogP contribution in [-0.2, 0) is 6.42 Å². The highest BCUT2D eigenvalue weighted by Gasteiger charge is 2.11. The number of aryl methyl sites for hydroxylation is 1. The molecule has 3 heteroatoms. The van der Waals surface area contributed by atoms with E-state index in [9.17, 15) is 4.79 Å². The Morgan fingerprint density at radius 1 is 1.21 bits per heavy atom. The first-order valence-electron chi connectivity index (χ1n) is 6.02. The van der Waals surface area contributed by atoms with Crippen molar-refractivity contribution in [3.05, 3.63) is 62.7 Å². The zero-order chi connectivity index (χ0) is 13.8. The summed E-state index contributed by atoms with van der Waals surface area (Å²) in [7, 11) is 1.63. The lowest BCUT2D eigenvalue weighted by Gasteiger charge is -2.09. The molecule has 0 unspecified atom stereocenters. The van der Waals surface area contributed by atoms with Gasteiger partial charge in [0, 0.05) is 21.1 Å². The Balaban J connectivity index is 2.26. The predicted octanol–water partition coefficient (Wildman–Crippen LogP) is 4.03. The first-order chi connectivity index (χ1) is 9.10. The molecular formula is C16H15IO2. The van der Waals surface area contributed by atoms with Crippen molar-refractivity contribution in [1.29, 1.82) is 0 Å². The van der Waals surface area contributed by atoms with E-state index in [1.165, 1.54) is 0 Å². The smallest absolute Gasteiger partial charge is 0.167 e. The first-order valence-corrected chi connectivity index (χ1v) is 7.10. The van der Waals surface area contributed by atoms with Crippen LogP contribution < -0.4 is 4.74 Å². The lowest BCUT2D eigenvalue weighted by atomic mass is 10.0. The van der Waals surface area contributed by atoms with Crippen molar-refractivity contribution in [2.75, 3.05) is 7.11 Å². The molecule has 0 aromatic heterocycles. The van der Waals surface area contributed by atoms with Gasteiger partial charge in [-0.3, -0.25) is 4.79 Å². The predicted molar refractivity (Wildman–Crippen MR) is 84.9 cm³/mol. The molecule has 0 heterocycles. The van der Waals surface area contributed by atoms with Gasteiger partial charge in [-0.2, -0.15) is 0 Å². The van der Waals surface area contributed by atoms with Crippen LogP contribution in [-0.4, -0.2) is 12.9 Å². The number of ether oxygens (including phenoxy) is 1. The number of carbonyl (C=O) groups excluding carboxylic acids is 1. The minimum absolute atomic E-state index is 0.113. The van der Waals surface area contributed by atoms with E-state index in [2.05, 4.69) is 22.6 Å². The molecule has 0 aliphatic carbocycles. The number of hydrogen-bond donors (Lipinski definition) is 0. The molecular weight excluding hydrogens is 351 g/mol. The molecule has 2 aromatic rings. The molecule has 98 valence electrons. The third kappa shape index (κ3) is 3.56. The quantitative estimate of drug-likeness (QED) is 0.603. The van der Waals surface area contributed by atoms with Crippen LogP contribution in [0.25, 0.3) is 0 Å². The number of hydrogen-bond acceptors (Lipinski definition) is 2. The molecule has 0 saturated heterocycles. The summed E-state index contributed by atoms with van der Waals surface area (Å²) in [5.41, 5.74) is 2.81. The monoisotopic (exact) mass is 366 g/mol. The summed E-state index contributed by atoms with van der Waals surface area (Å²) >= 11 is 2.21. The Hall–Kier alpha value is -1.36. The van der Waals surface area contributed by atoms with Crippen LogP contribution in [0, 0.1) is 10.5 Å². The van der Waals surface area contributed by atoms with Gasteiger partial charge in [0.15, 0.2) is 5.78 Å². The molecule has 0 aliphatic heterocycles. The van der Waals surface area contributed by atoms with E-state index in [-0.39, 0.29) is 5.78 Å². The first kappa shape index (κ1) is 14.1. The maximum atomic E-state index is 12.3. The minimum atomic E-state index is 0.113. The number of halogens is 1. The van der Waals surface area contributed by atoms with Crippen LogP contribution in [0.1, 0.15) is 21.5 Å². The fourth-order valence-corrected chi connectivity index (χ4v) is 2.53. The summed E-state index contributed by atoms with van der Waals surface area (Å²) in [6.07, 6.45) is 0.366. The van der Waals surface area contributed by atoms with Crippen molar-refractivity contribution in [3.63, 3.8) is 0 Å².